The van der Waals surface area contributed by atoms with Crippen LogP contribution in [0.25, 0.3) is 0 Å². The van der Waals surface area contributed by atoms with Crippen molar-refractivity contribution in [2.45, 2.75) is 13.0 Å². The number of nitrogens with one attached hydrogen (secondary N) is 1. The van der Waals surface area contributed by atoms with Gasteiger partial charge in [0.25, 0.3) is 5.91 Å². The second-order valence-electron chi connectivity index (χ2n) is 6.85. The number of nitrogens with zero attached hydrogens (tertiary/aromatic N) is 3. The fourth-order valence-corrected chi connectivity index (χ4v) is 3.93. The smallest absolute Gasteiger partial charge is 0.273 e. The monoisotopic (exact) mass is 378 g/mol. The quantitative estimate of drug-likeness (QED) is 0.741. The topological polar surface area (TPSA) is 48.5 Å². The van der Waals surface area contributed by atoms with Crippen LogP contribution >= 0.6 is 11.3 Å². The van der Waals surface area contributed by atoms with E-state index in [0.29, 0.717) is 12.2 Å². The molecular weight excluding hydrogens is 356 g/mol. The number of carbonyl (C=O) groups excluding carboxylic acids is 1. The van der Waals surface area contributed by atoms with Crippen molar-refractivity contribution in [1.29, 1.82) is 0 Å². The van der Waals surface area contributed by atoms with Gasteiger partial charge in [-0.2, -0.15) is 0 Å². The molecule has 0 saturated carbocycles. The molecular formula is C21H22N4OS. The van der Waals surface area contributed by atoms with E-state index in [0.717, 1.165) is 29.5 Å². The molecule has 1 aliphatic rings. The molecule has 6 heteroatoms. The van der Waals surface area contributed by atoms with Crippen molar-refractivity contribution in [2.75, 3.05) is 30.9 Å². The number of fused-ring (bicyclic) bond motifs is 1. The minimum Gasteiger partial charge on any atom is -0.378 e. The number of hydrogen-bond donors (Lipinski definition) is 1. The van der Waals surface area contributed by atoms with Gasteiger partial charge in [0.2, 0.25) is 0 Å². The van der Waals surface area contributed by atoms with Gasteiger partial charge >= 0.3 is 0 Å². The first kappa shape index (κ1) is 17.5. The van der Waals surface area contributed by atoms with E-state index in [2.05, 4.69) is 33.4 Å². The van der Waals surface area contributed by atoms with Gasteiger partial charge in [0.15, 0.2) is 5.13 Å². The molecule has 1 amide bonds. The van der Waals surface area contributed by atoms with E-state index in [9.17, 15) is 4.79 Å². The van der Waals surface area contributed by atoms with E-state index < -0.39 is 0 Å². The van der Waals surface area contributed by atoms with Gasteiger partial charge in [0.05, 0.1) is 0 Å². The second-order valence-corrected chi connectivity index (χ2v) is 7.71. The first-order valence-corrected chi connectivity index (χ1v) is 9.84. The second kappa shape index (κ2) is 7.40. The predicted molar refractivity (Wildman–Crippen MR) is 111 cm³/mol. The number of benzene rings is 2. The van der Waals surface area contributed by atoms with Gasteiger partial charge in [-0.05, 0) is 41.8 Å². The highest BCUT2D eigenvalue weighted by Crippen LogP contribution is 2.25. The molecule has 0 spiro atoms. The molecule has 1 aliphatic heterocycles. The van der Waals surface area contributed by atoms with Gasteiger partial charge in [0.1, 0.15) is 5.69 Å². The third kappa shape index (κ3) is 3.80. The third-order valence-electron chi connectivity index (χ3n) is 4.78. The third-order valence-corrected chi connectivity index (χ3v) is 5.53. The van der Waals surface area contributed by atoms with Gasteiger partial charge in [-0.3, -0.25) is 4.79 Å². The van der Waals surface area contributed by atoms with Crippen molar-refractivity contribution in [1.82, 2.24) is 9.88 Å². The van der Waals surface area contributed by atoms with Crippen LogP contribution in [0.3, 0.4) is 0 Å². The van der Waals surface area contributed by atoms with Gasteiger partial charge < -0.3 is 15.1 Å². The Hall–Kier alpha value is -2.86. The fourth-order valence-electron chi connectivity index (χ4n) is 3.23. The van der Waals surface area contributed by atoms with E-state index >= 15 is 0 Å². The minimum absolute atomic E-state index is 0.00300. The molecule has 0 unspecified atom stereocenters. The fraction of sp³-hybridized carbons (Fsp3) is 0.238. The zero-order chi connectivity index (χ0) is 18.8. The van der Waals surface area contributed by atoms with Gasteiger partial charge in [0, 0.05) is 43.9 Å². The van der Waals surface area contributed by atoms with Crippen LogP contribution in [0.4, 0.5) is 16.5 Å². The number of anilines is 3. The summed E-state index contributed by atoms with van der Waals surface area (Å²) in [6.07, 6.45) is 0.898. The van der Waals surface area contributed by atoms with Crippen molar-refractivity contribution in [3.63, 3.8) is 0 Å². The van der Waals surface area contributed by atoms with Crippen molar-refractivity contribution >= 4 is 33.8 Å². The molecule has 5 nitrogen and oxygen atoms in total. The van der Waals surface area contributed by atoms with Crippen LogP contribution in [0.15, 0.2) is 53.9 Å². The zero-order valence-corrected chi connectivity index (χ0v) is 16.3. The Labute approximate surface area is 163 Å². The van der Waals surface area contributed by atoms with Crippen LogP contribution in [0, 0.1) is 0 Å². The molecule has 2 heterocycles. The zero-order valence-electron chi connectivity index (χ0n) is 15.5. The molecule has 0 fully saturated rings. The van der Waals surface area contributed by atoms with Gasteiger partial charge in [-0.1, -0.05) is 24.3 Å². The maximum Gasteiger partial charge on any atom is 0.273 e. The summed E-state index contributed by atoms with van der Waals surface area (Å²) < 4.78 is 0. The summed E-state index contributed by atoms with van der Waals surface area (Å²) in [4.78, 5) is 21.3. The molecule has 0 radical (unpaired) electrons. The molecule has 2 aromatic carbocycles. The van der Waals surface area contributed by atoms with Crippen LogP contribution in [0.2, 0.25) is 0 Å². The first-order valence-electron chi connectivity index (χ1n) is 8.96. The number of hydrogen-bond acceptors (Lipinski definition) is 5. The summed E-state index contributed by atoms with van der Waals surface area (Å²) in [5.74, 6) is -0.00300. The summed E-state index contributed by atoms with van der Waals surface area (Å²) in [7, 11) is 4.03. The maximum atomic E-state index is 12.8. The highest BCUT2D eigenvalue weighted by molar-refractivity contribution is 7.14. The molecule has 1 N–H and O–H groups in total. The molecule has 0 aliphatic carbocycles. The van der Waals surface area contributed by atoms with Crippen molar-refractivity contribution < 1.29 is 4.79 Å². The lowest BCUT2D eigenvalue weighted by Crippen LogP contribution is -2.36. The largest absolute Gasteiger partial charge is 0.378 e. The highest BCUT2D eigenvalue weighted by Gasteiger charge is 2.23. The van der Waals surface area contributed by atoms with Crippen LogP contribution in [-0.4, -0.2) is 36.4 Å². The van der Waals surface area contributed by atoms with E-state index in [1.165, 1.54) is 22.5 Å². The Morgan fingerprint density at radius 3 is 2.59 bits per heavy atom. The van der Waals surface area contributed by atoms with Crippen molar-refractivity contribution in [2.24, 2.45) is 0 Å². The van der Waals surface area contributed by atoms with E-state index in [1.807, 2.05) is 54.7 Å². The van der Waals surface area contributed by atoms with Crippen LogP contribution < -0.4 is 10.2 Å². The normalized spacial score (nSPS) is 13.2. The van der Waals surface area contributed by atoms with Crippen molar-refractivity contribution in [3.8, 4) is 0 Å². The Morgan fingerprint density at radius 2 is 1.85 bits per heavy atom. The maximum absolute atomic E-state index is 12.8. The summed E-state index contributed by atoms with van der Waals surface area (Å²) in [5, 5.41) is 5.84. The Balaban J connectivity index is 1.44. The molecule has 0 bridgehead atoms. The Morgan fingerprint density at radius 1 is 1.11 bits per heavy atom. The molecule has 27 heavy (non-hydrogen) atoms. The lowest BCUT2D eigenvalue weighted by Gasteiger charge is -2.28. The van der Waals surface area contributed by atoms with Gasteiger partial charge in [-0.15, -0.1) is 11.3 Å². The SMILES string of the molecule is CN(C)c1ccc(Nc2nc(C(=O)N3CCc4ccccc4C3)cs2)cc1. The molecule has 0 saturated heterocycles. The van der Waals surface area contributed by atoms with Crippen molar-refractivity contribution in [3.05, 3.63) is 70.7 Å². The van der Waals surface area contributed by atoms with E-state index in [-0.39, 0.29) is 5.91 Å². The average molecular weight is 379 g/mol. The highest BCUT2D eigenvalue weighted by atomic mass is 32.1. The Kier molecular flexibility index (Phi) is 4.81. The summed E-state index contributed by atoms with van der Waals surface area (Å²) in [6, 6.07) is 16.4. The number of carbonyl (C=O) groups is 1. The van der Waals surface area contributed by atoms with Crippen LogP contribution in [-0.2, 0) is 13.0 Å². The predicted octanol–water partition coefficient (Wildman–Crippen LogP) is 4.15. The lowest BCUT2D eigenvalue weighted by atomic mass is 10.00. The number of rotatable bonds is 4. The standard InChI is InChI=1S/C21H22N4OS/c1-24(2)18-9-7-17(8-10-18)22-21-23-19(14-27-21)20(26)25-12-11-15-5-3-4-6-16(15)13-25/h3-10,14H,11-13H2,1-2H3,(H,22,23). The lowest BCUT2D eigenvalue weighted by molar-refractivity contribution is 0.0729. The van der Waals surface area contributed by atoms with E-state index in [1.54, 1.807) is 0 Å². The minimum atomic E-state index is -0.00300. The number of amides is 1. The van der Waals surface area contributed by atoms with Crippen LogP contribution in [0.1, 0.15) is 21.6 Å². The molecule has 138 valence electrons. The summed E-state index contributed by atoms with van der Waals surface area (Å²) in [6.45, 7) is 1.39. The summed E-state index contributed by atoms with van der Waals surface area (Å²) >= 11 is 1.45. The van der Waals surface area contributed by atoms with Crippen LogP contribution in [0.5, 0.6) is 0 Å². The molecule has 4 rings (SSSR count). The van der Waals surface area contributed by atoms with Gasteiger partial charge in [-0.25, -0.2) is 4.98 Å². The first-order chi connectivity index (χ1) is 13.1. The average Bonchev–Trinajstić information content (AvgIpc) is 3.16. The molecule has 3 aromatic rings. The number of thiazole rings is 1. The number of aromatic nitrogens is 1. The Bertz CT molecular complexity index is 949. The summed E-state index contributed by atoms with van der Waals surface area (Å²) in [5.41, 5.74) is 5.17. The van der Waals surface area contributed by atoms with E-state index in [4.69, 9.17) is 0 Å². The molecule has 0 atom stereocenters. The molecule has 1 aromatic heterocycles.